The number of halogens is 1. The molecule has 3 aromatic rings. The van der Waals surface area contributed by atoms with Crippen LogP contribution in [0.2, 0.25) is 0 Å². The van der Waals surface area contributed by atoms with Crippen LogP contribution < -0.4 is 16.2 Å². The third kappa shape index (κ3) is 4.25. The van der Waals surface area contributed by atoms with Gasteiger partial charge in [0, 0.05) is 31.3 Å². The zero-order valence-corrected chi connectivity index (χ0v) is 17.8. The molecule has 4 rings (SSSR count). The molecule has 168 valence electrons. The predicted molar refractivity (Wildman–Crippen MR) is 119 cm³/mol. The van der Waals surface area contributed by atoms with Gasteiger partial charge in [0.1, 0.15) is 11.6 Å². The molecule has 0 fully saturated rings. The molecule has 2 amide bonds. The van der Waals surface area contributed by atoms with E-state index in [1.54, 1.807) is 0 Å². The summed E-state index contributed by atoms with van der Waals surface area (Å²) in [6.45, 7) is 0.195. The van der Waals surface area contributed by atoms with Crippen molar-refractivity contribution in [3.63, 3.8) is 0 Å². The monoisotopic (exact) mass is 448 g/mol. The van der Waals surface area contributed by atoms with E-state index in [9.17, 15) is 23.9 Å². The van der Waals surface area contributed by atoms with Crippen molar-refractivity contribution in [2.75, 3.05) is 7.05 Å². The first kappa shape index (κ1) is 21.9. The number of nitrogens with one attached hydrogen (secondary N) is 2. The molecule has 0 unspecified atom stereocenters. The Morgan fingerprint density at radius 2 is 1.91 bits per heavy atom. The van der Waals surface area contributed by atoms with E-state index in [-0.39, 0.29) is 17.9 Å². The van der Waals surface area contributed by atoms with Gasteiger partial charge in [-0.15, -0.1) is 0 Å². The van der Waals surface area contributed by atoms with Crippen molar-refractivity contribution in [1.29, 1.82) is 0 Å². The highest BCUT2D eigenvalue weighted by Gasteiger charge is 2.25. The highest BCUT2D eigenvalue weighted by atomic mass is 19.1. The number of benzene rings is 2. The summed E-state index contributed by atoms with van der Waals surface area (Å²) in [7, 11) is 1.41. The molecule has 8 nitrogen and oxygen atoms in total. The lowest BCUT2D eigenvalue weighted by Crippen LogP contribution is -2.32. The van der Waals surface area contributed by atoms with Crippen molar-refractivity contribution in [2.45, 2.75) is 19.5 Å². The molecule has 0 atom stereocenters. The lowest BCUT2D eigenvalue weighted by Gasteiger charge is -2.20. The van der Waals surface area contributed by atoms with E-state index in [1.165, 1.54) is 23.7 Å². The number of carbonyl (C=O) groups excluding carboxylic acids is 2. The van der Waals surface area contributed by atoms with Crippen molar-refractivity contribution >= 4 is 17.4 Å². The van der Waals surface area contributed by atoms with Crippen molar-refractivity contribution in [3.05, 3.63) is 99.0 Å². The normalized spacial score (nSPS) is 12.5. The van der Waals surface area contributed by atoms with E-state index >= 15 is 0 Å². The van der Waals surface area contributed by atoms with Crippen molar-refractivity contribution in [3.8, 4) is 5.75 Å². The third-order valence-corrected chi connectivity index (χ3v) is 5.37. The van der Waals surface area contributed by atoms with Crippen molar-refractivity contribution in [1.82, 2.24) is 20.2 Å². The van der Waals surface area contributed by atoms with E-state index in [0.717, 1.165) is 11.6 Å². The first-order valence-corrected chi connectivity index (χ1v) is 10.3. The minimum atomic E-state index is -0.793. The maximum Gasteiger partial charge on any atom is 0.296 e. The highest BCUT2D eigenvalue weighted by Crippen LogP contribution is 2.27. The van der Waals surface area contributed by atoms with E-state index in [2.05, 4.69) is 15.6 Å². The van der Waals surface area contributed by atoms with Gasteiger partial charge in [0.05, 0.1) is 0 Å². The summed E-state index contributed by atoms with van der Waals surface area (Å²) in [6, 6.07) is 12.9. The van der Waals surface area contributed by atoms with Crippen LogP contribution in [-0.2, 0) is 13.1 Å². The highest BCUT2D eigenvalue weighted by molar-refractivity contribution is 5.97. The average Bonchev–Trinajstić information content (AvgIpc) is 2.84. The molecule has 0 saturated carbocycles. The topological polar surface area (TPSA) is 113 Å². The first-order valence-electron chi connectivity index (χ1n) is 10.3. The quantitative estimate of drug-likeness (QED) is 0.554. The van der Waals surface area contributed by atoms with Crippen LogP contribution in [0.4, 0.5) is 4.39 Å². The summed E-state index contributed by atoms with van der Waals surface area (Å²) in [5, 5.41) is 15.4. The maximum absolute atomic E-state index is 13.6. The Kier molecular flexibility index (Phi) is 6.03. The number of carbonyl (C=O) groups is 2. The van der Waals surface area contributed by atoms with Gasteiger partial charge in [0.25, 0.3) is 17.4 Å². The molecule has 2 heterocycles. The number of fused-ring (bicyclic) bond motifs is 1. The molecular formula is C24H21FN4O4. The largest absolute Gasteiger partial charge is 0.501 e. The SMILES string of the molecule is CNC(=O)c1cc(F)ccc1CNC(=O)c1nc2n(c(=O)c1O)CCC=C2c1ccccc1. The Morgan fingerprint density at radius 3 is 2.64 bits per heavy atom. The summed E-state index contributed by atoms with van der Waals surface area (Å²) in [5.41, 5.74) is 0.820. The molecule has 0 spiro atoms. The summed E-state index contributed by atoms with van der Waals surface area (Å²) in [6.07, 6.45) is 2.51. The van der Waals surface area contributed by atoms with E-state index in [1.807, 2.05) is 36.4 Å². The molecule has 9 heteroatoms. The second-order valence-electron chi connectivity index (χ2n) is 7.43. The minimum Gasteiger partial charge on any atom is -0.501 e. The third-order valence-electron chi connectivity index (χ3n) is 5.37. The number of hydrogen-bond donors (Lipinski definition) is 3. The number of aromatic hydroxyl groups is 1. The van der Waals surface area contributed by atoms with Gasteiger partial charge in [-0.05, 0) is 29.7 Å². The van der Waals surface area contributed by atoms with Crippen LogP contribution in [-0.4, -0.2) is 33.5 Å². The van der Waals surface area contributed by atoms with Crippen LogP contribution in [0.5, 0.6) is 5.75 Å². The second-order valence-corrected chi connectivity index (χ2v) is 7.43. The Morgan fingerprint density at radius 1 is 1.15 bits per heavy atom. The van der Waals surface area contributed by atoms with Crippen LogP contribution in [0.1, 0.15) is 44.2 Å². The van der Waals surface area contributed by atoms with Gasteiger partial charge in [0.2, 0.25) is 5.75 Å². The number of allylic oxidation sites excluding steroid dienone is 1. The van der Waals surface area contributed by atoms with Gasteiger partial charge in [-0.1, -0.05) is 42.5 Å². The average molecular weight is 448 g/mol. The number of nitrogens with zero attached hydrogens (tertiary/aromatic N) is 2. The maximum atomic E-state index is 13.6. The lowest BCUT2D eigenvalue weighted by atomic mass is 10.0. The predicted octanol–water partition coefficient (Wildman–Crippen LogP) is 2.21. The molecule has 3 N–H and O–H groups in total. The number of aromatic nitrogens is 2. The second kappa shape index (κ2) is 9.07. The zero-order chi connectivity index (χ0) is 23.5. The van der Waals surface area contributed by atoms with Gasteiger partial charge < -0.3 is 15.7 Å². The first-order chi connectivity index (χ1) is 15.9. The van der Waals surface area contributed by atoms with Crippen LogP contribution in [0, 0.1) is 5.82 Å². The zero-order valence-electron chi connectivity index (χ0n) is 17.8. The number of rotatable bonds is 5. The molecule has 0 bridgehead atoms. The van der Waals surface area contributed by atoms with Crippen LogP contribution in [0.25, 0.3) is 5.57 Å². The summed E-state index contributed by atoms with van der Waals surface area (Å²) in [4.78, 5) is 42.0. The van der Waals surface area contributed by atoms with Gasteiger partial charge in [0.15, 0.2) is 5.69 Å². The van der Waals surface area contributed by atoms with E-state index < -0.39 is 34.6 Å². The standard InChI is InChI=1S/C24H21FN4O4/c1-26-22(31)18-12-16(25)10-9-15(18)13-27-23(32)19-20(30)24(33)29-11-5-8-17(21(29)28-19)14-6-3-2-4-7-14/h2-4,6-10,12,30H,5,11,13H2,1H3,(H,26,31)(H,27,32). The van der Waals surface area contributed by atoms with Crippen LogP contribution in [0.15, 0.2) is 59.4 Å². The summed E-state index contributed by atoms with van der Waals surface area (Å²) < 4.78 is 14.9. The Bertz CT molecular complexity index is 1330. The molecule has 1 aromatic heterocycles. The molecule has 2 aromatic carbocycles. The number of hydrogen-bond acceptors (Lipinski definition) is 5. The fraction of sp³-hybridized carbons (Fsp3) is 0.167. The minimum absolute atomic E-state index is 0.0646. The fourth-order valence-electron chi connectivity index (χ4n) is 3.72. The number of amides is 2. The molecular weight excluding hydrogens is 427 g/mol. The smallest absolute Gasteiger partial charge is 0.296 e. The lowest BCUT2D eigenvalue weighted by molar-refractivity contribution is 0.0933. The van der Waals surface area contributed by atoms with Crippen LogP contribution in [0.3, 0.4) is 0 Å². The summed E-state index contributed by atoms with van der Waals surface area (Å²) >= 11 is 0. The van der Waals surface area contributed by atoms with Crippen LogP contribution >= 0.6 is 0 Å². The van der Waals surface area contributed by atoms with Gasteiger partial charge in [-0.25, -0.2) is 9.37 Å². The van der Waals surface area contributed by atoms with Gasteiger partial charge in [-0.2, -0.15) is 0 Å². The molecule has 1 aliphatic rings. The fourth-order valence-corrected chi connectivity index (χ4v) is 3.72. The molecule has 0 radical (unpaired) electrons. The molecule has 33 heavy (non-hydrogen) atoms. The molecule has 1 aliphatic heterocycles. The van der Waals surface area contributed by atoms with Gasteiger partial charge >= 0.3 is 0 Å². The van der Waals surface area contributed by atoms with Gasteiger partial charge in [-0.3, -0.25) is 19.0 Å². The van der Waals surface area contributed by atoms with E-state index in [4.69, 9.17) is 0 Å². The van der Waals surface area contributed by atoms with Crippen molar-refractivity contribution < 1.29 is 19.1 Å². The Balaban J connectivity index is 1.67. The summed E-state index contributed by atoms with van der Waals surface area (Å²) in [5.74, 6) is -2.36. The van der Waals surface area contributed by atoms with E-state index in [0.29, 0.717) is 24.1 Å². The Labute approximate surface area is 188 Å². The Hall–Kier alpha value is -4.27. The van der Waals surface area contributed by atoms with Crippen molar-refractivity contribution in [2.24, 2.45) is 0 Å². The molecule has 0 aliphatic carbocycles. The molecule has 0 saturated heterocycles.